The molecule has 0 aromatic rings. The second-order valence-corrected chi connectivity index (χ2v) is 6.53. The highest BCUT2D eigenvalue weighted by molar-refractivity contribution is 5.81. The first-order valence-electron chi connectivity index (χ1n) is 7.78. The fraction of sp³-hybridized carbons (Fsp3) is 0.933. The summed E-state index contributed by atoms with van der Waals surface area (Å²) >= 11 is 0. The Kier molecular flexibility index (Phi) is 3.35. The van der Waals surface area contributed by atoms with Crippen molar-refractivity contribution < 1.29 is 4.79 Å². The van der Waals surface area contributed by atoms with Crippen LogP contribution in [0.2, 0.25) is 0 Å². The summed E-state index contributed by atoms with van der Waals surface area (Å²) in [7, 11) is 0. The van der Waals surface area contributed by atoms with E-state index >= 15 is 0 Å². The molecule has 1 aliphatic heterocycles. The van der Waals surface area contributed by atoms with E-state index in [-0.39, 0.29) is 12.0 Å². The van der Waals surface area contributed by atoms with Gasteiger partial charge in [-0.3, -0.25) is 4.79 Å². The molecule has 2 aliphatic carbocycles. The Balaban J connectivity index is 1.73. The highest BCUT2D eigenvalue weighted by atomic mass is 16.2. The van der Waals surface area contributed by atoms with Crippen molar-refractivity contribution in [3.05, 3.63) is 0 Å². The molecule has 5 atom stereocenters. The normalized spacial score (nSPS) is 43.4. The third-order valence-electron chi connectivity index (χ3n) is 5.65. The first kappa shape index (κ1) is 12.5. The molecule has 3 aliphatic rings. The number of nitrogens with two attached hydrogens (primary N) is 1. The fourth-order valence-electron chi connectivity index (χ4n) is 4.61. The summed E-state index contributed by atoms with van der Waals surface area (Å²) in [5, 5.41) is 0. The van der Waals surface area contributed by atoms with Gasteiger partial charge < -0.3 is 10.6 Å². The summed E-state index contributed by atoms with van der Waals surface area (Å²) in [4.78, 5) is 15.0. The average molecular weight is 250 g/mol. The highest BCUT2D eigenvalue weighted by Gasteiger charge is 2.50. The maximum Gasteiger partial charge on any atom is 0.227 e. The van der Waals surface area contributed by atoms with E-state index in [2.05, 4.69) is 11.8 Å². The van der Waals surface area contributed by atoms with Gasteiger partial charge in [-0.05, 0) is 56.8 Å². The molecular weight excluding hydrogens is 224 g/mol. The van der Waals surface area contributed by atoms with Crippen LogP contribution in [-0.2, 0) is 4.79 Å². The number of nitrogens with zero attached hydrogens (tertiary/aromatic N) is 1. The lowest BCUT2D eigenvalue weighted by atomic mass is 9.83. The van der Waals surface area contributed by atoms with Gasteiger partial charge in [0, 0.05) is 18.6 Å². The molecule has 3 rings (SSSR count). The van der Waals surface area contributed by atoms with Crippen molar-refractivity contribution in [2.45, 2.75) is 64.0 Å². The van der Waals surface area contributed by atoms with E-state index in [0.29, 0.717) is 23.8 Å². The Morgan fingerprint density at radius 1 is 1.22 bits per heavy atom. The molecule has 18 heavy (non-hydrogen) atoms. The minimum absolute atomic E-state index is 0.149. The molecule has 2 bridgehead atoms. The first-order chi connectivity index (χ1) is 8.72. The molecule has 0 aromatic heterocycles. The summed E-state index contributed by atoms with van der Waals surface area (Å²) in [5.41, 5.74) is 6.31. The maximum atomic E-state index is 12.8. The molecule has 0 spiro atoms. The first-order valence-corrected chi connectivity index (χ1v) is 7.78. The third-order valence-corrected chi connectivity index (χ3v) is 5.65. The number of carbonyl (C=O) groups is 1. The van der Waals surface area contributed by atoms with Gasteiger partial charge in [-0.25, -0.2) is 0 Å². The van der Waals surface area contributed by atoms with Crippen LogP contribution in [0, 0.1) is 17.8 Å². The van der Waals surface area contributed by atoms with Crippen LogP contribution in [0.15, 0.2) is 0 Å². The number of likely N-dealkylation sites (tertiary alicyclic amines) is 1. The van der Waals surface area contributed by atoms with Crippen LogP contribution in [0.3, 0.4) is 0 Å². The number of hydrogen-bond acceptors (Lipinski definition) is 2. The van der Waals surface area contributed by atoms with E-state index in [1.54, 1.807) is 0 Å². The Bertz CT molecular complexity index is 328. The average Bonchev–Trinajstić information content (AvgIpc) is 2.98. The number of piperidine rings is 1. The molecule has 3 heteroatoms. The van der Waals surface area contributed by atoms with E-state index in [9.17, 15) is 4.79 Å². The van der Waals surface area contributed by atoms with Crippen molar-refractivity contribution in [1.82, 2.24) is 4.90 Å². The standard InChI is InChI=1S/C15H26N2O/c1-2-12-5-3-4-8-17(12)15(18)13-10-6-7-11(9-10)14(13)16/h10-14H,2-9,16H2,1H3. The highest BCUT2D eigenvalue weighted by Crippen LogP contribution is 2.48. The minimum atomic E-state index is 0.149. The molecule has 1 saturated heterocycles. The predicted octanol–water partition coefficient (Wildman–Crippen LogP) is 2.15. The van der Waals surface area contributed by atoms with Crippen molar-refractivity contribution in [2.75, 3.05) is 6.54 Å². The van der Waals surface area contributed by atoms with Crippen LogP contribution in [-0.4, -0.2) is 29.4 Å². The zero-order valence-corrected chi connectivity index (χ0v) is 11.5. The Morgan fingerprint density at radius 2 is 2.00 bits per heavy atom. The SMILES string of the molecule is CCC1CCCCN1C(=O)C1C2CCC(C2)C1N. The van der Waals surface area contributed by atoms with Gasteiger partial charge in [-0.2, -0.15) is 0 Å². The lowest BCUT2D eigenvalue weighted by Gasteiger charge is -2.39. The van der Waals surface area contributed by atoms with Crippen molar-refractivity contribution in [3.63, 3.8) is 0 Å². The van der Waals surface area contributed by atoms with Crippen LogP contribution in [0.5, 0.6) is 0 Å². The van der Waals surface area contributed by atoms with Crippen molar-refractivity contribution >= 4 is 5.91 Å². The summed E-state index contributed by atoms with van der Waals surface area (Å²) in [6, 6.07) is 0.633. The molecule has 3 nitrogen and oxygen atoms in total. The van der Waals surface area contributed by atoms with Crippen LogP contribution < -0.4 is 5.73 Å². The Labute approximate surface area is 110 Å². The number of carbonyl (C=O) groups excluding carboxylic acids is 1. The predicted molar refractivity (Wildman–Crippen MR) is 71.9 cm³/mol. The van der Waals surface area contributed by atoms with Gasteiger partial charge in [0.15, 0.2) is 0 Å². The Morgan fingerprint density at radius 3 is 2.67 bits per heavy atom. The largest absolute Gasteiger partial charge is 0.339 e. The van der Waals surface area contributed by atoms with Crippen LogP contribution in [0.1, 0.15) is 51.9 Å². The number of hydrogen-bond donors (Lipinski definition) is 1. The van der Waals surface area contributed by atoms with Gasteiger partial charge in [0.25, 0.3) is 0 Å². The summed E-state index contributed by atoms with van der Waals surface area (Å²) < 4.78 is 0. The number of rotatable bonds is 2. The smallest absolute Gasteiger partial charge is 0.227 e. The fourth-order valence-corrected chi connectivity index (χ4v) is 4.61. The van der Waals surface area contributed by atoms with Gasteiger partial charge in [0.1, 0.15) is 0 Å². The monoisotopic (exact) mass is 250 g/mol. The van der Waals surface area contributed by atoms with Gasteiger partial charge in [0.2, 0.25) is 5.91 Å². The topological polar surface area (TPSA) is 46.3 Å². The molecule has 1 amide bonds. The second kappa shape index (κ2) is 4.84. The number of amides is 1. The lowest BCUT2D eigenvalue weighted by Crippen LogP contribution is -2.51. The molecular formula is C15H26N2O. The molecule has 102 valence electrons. The molecule has 1 heterocycles. The Hall–Kier alpha value is -0.570. The van der Waals surface area contributed by atoms with Gasteiger partial charge in [-0.1, -0.05) is 6.92 Å². The van der Waals surface area contributed by atoms with Crippen molar-refractivity contribution in [1.29, 1.82) is 0 Å². The summed E-state index contributed by atoms with van der Waals surface area (Å²) in [5.74, 6) is 1.77. The minimum Gasteiger partial charge on any atom is -0.339 e. The second-order valence-electron chi connectivity index (χ2n) is 6.53. The van der Waals surface area contributed by atoms with E-state index in [4.69, 9.17) is 5.73 Å². The molecule has 3 fully saturated rings. The zero-order chi connectivity index (χ0) is 12.7. The quantitative estimate of drug-likeness (QED) is 0.816. The molecule has 2 N–H and O–H groups in total. The zero-order valence-electron chi connectivity index (χ0n) is 11.5. The lowest BCUT2D eigenvalue weighted by molar-refractivity contribution is -0.141. The van der Waals surface area contributed by atoms with E-state index in [1.807, 2.05) is 0 Å². The van der Waals surface area contributed by atoms with E-state index in [0.717, 1.165) is 13.0 Å². The van der Waals surface area contributed by atoms with Crippen LogP contribution in [0.25, 0.3) is 0 Å². The molecule has 0 aromatic carbocycles. The van der Waals surface area contributed by atoms with E-state index < -0.39 is 0 Å². The molecule has 5 unspecified atom stereocenters. The number of fused-ring (bicyclic) bond motifs is 2. The van der Waals surface area contributed by atoms with Crippen LogP contribution in [0.4, 0.5) is 0 Å². The summed E-state index contributed by atoms with van der Waals surface area (Å²) in [6.07, 6.45) is 8.46. The molecule has 0 radical (unpaired) electrons. The van der Waals surface area contributed by atoms with Gasteiger partial charge >= 0.3 is 0 Å². The molecule has 2 saturated carbocycles. The van der Waals surface area contributed by atoms with E-state index in [1.165, 1.54) is 38.5 Å². The van der Waals surface area contributed by atoms with Crippen molar-refractivity contribution in [3.8, 4) is 0 Å². The third kappa shape index (κ3) is 1.87. The summed E-state index contributed by atoms with van der Waals surface area (Å²) in [6.45, 7) is 3.18. The maximum absolute atomic E-state index is 12.8. The van der Waals surface area contributed by atoms with Gasteiger partial charge in [-0.15, -0.1) is 0 Å². The van der Waals surface area contributed by atoms with Crippen LogP contribution >= 0.6 is 0 Å². The van der Waals surface area contributed by atoms with Gasteiger partial charge in [0.05, 0.1) is 5.92 Å². The van der Waals surface area contributed by atoms with Crippen molar-refractivity contribution in [2.24, 2.45) is 23.5 Å².